The zero-order valence-electron chi connectivity index (χ0n) is 10.4. The van der Waals surface area contributed by atoms with Crippen molar-refractivity contribution in [2.45, 2.75) is 53.6 Å². The largest absolute Gasteiger partial charge is 0.305 e. The van der Waals surface area contributed by atoms with E-state index in [0.29, 0.717) is 11.8 Å². The van der Waals surface area contributed by atoms with Crippen LogP contribution < -0.4 is 5.32 Å². The number of hydrogen-bond donors (Lipinski definition) is 1. The molecular formula is C12H25NO. The molecule has 0 bridgehead atoms. The number of carbonyl (C=O) groups excluding carboxylic acids is 1. The number of rotatable bonds is 4. The molecule has 14 heavy (non-hydrogen) atoms. The van der Waals surface area contributed by atoms with Gasteiger partial charge >= 0.3 is 0 Å². The average Bonchev–Trinajstić information content (AvgIpc) is 2.02. The van der Waals surface area contributed by atoms with E-state index in [9.17, 15) is 4.79 Å². The number of nitrogens with one attached hydrogen (secondary N) is 1. The minimum Gasteiger partial charge on any atom is -0.305 e. The Balaban J connectivity index is 0. The van der Waals surface area contributed by atoms with E-state index in [4.69, 9.17) is 0 Å². The van der Waals surface area contributed by atoms with Crippen molar-refractivity contribution in [3.05, 3.63) is 12.7 Å². The summed E-state index contributed by atoms with van der Waals surface area (Å²) in [5.41, 5.74) is 0. The van der Waals surface area contributed by atoms with Gasteiger partial charge < -0.3 is 5.32 Å². The average molecular weight is 199 g/mol. The molecule has 2 nitrogen and oxygen atoms in total. The van der Waals surface area contributed by atoms with E-state index >= 15 is 0 Å². The van der Waals surface area contributed by atoms with Gasteiger partial charge in [-0.25, -0.2) is 0 Å². The van der Waals surface area contributed by atoms with Gasteiger partial charge in [-0.05, 0) is 13.8 Å². The van der Waals surface area contributed by atoms with Crippen molar-refractivity contribution < 1.29 is 4.79 Å². The van der Waals surface area contributed by atoms with Crippen molar-refractivity contribution >= 4 is 5.78 Å². The maximum atomic E-state index is 11.3. The maximum absolute atomic E-state index is 11.3. The molecule has 0 saturated heterocycles. The Morgan fingerprint density at radius 2 is 1.57 bits per heavy atom. The van der Waals surface area contributed by atoms with Crippen LogP contribution in [-0.2, 0) is 4.79 Å². The van der Waals surface area contributed by atoms with Crippen LogP contribution in [-0.4, -0.2) is 17.9 Å². The predicted molar refractivity (Wildman–Crippen MR) is 63.4 cm³/mol. The highest BCUT2D eigenvalue weighted by Gasteiger charge is 2.15. The second kappa shape index (κ2) is 8.95. The number of hydrogen-bond acceptors (Lipinski definition) is 2. The van der Waals surface area contributed by atoms with Gasteiger partial charge in [0.25, 0.3) is 0 Å². The first-order valence-electron chi connectivity index (χ1n) is 5.23. The lowest BCUT2D eigenvalue weighted by molar-refractivity contribution is -0.123. The molecule has 0 aromatic carbocycles. The lowest BCUT2D eigenvalue weighted by atomic mass is 10.0. The highest BCUT2D eigenvalue weighted by Crippen LogP contribution is 1.99. The number of allylic oxidation sites excluding steroid dienone is 1. The summed E-state index contributed by atoms with van der Waals surface area (Å²) in [5.74, 6) is 0.426. The van der Waals surface area contributed by atoms with Crippen LogP contribution in [0.5, 0.6) is 0 Å². The summed E-state index contributed by atoms with van der Waals surface area (Å²) < 4.78 is 0. The van der Waals surface area contributed by atoms with Gasteiger partial charge in [-0.1, -0.05) is 33.8 Å². The van der Waals surface area contributed by atoms with Crippen molar-refractivity contribution in [2.24, 2.45) is 5.92 Å². The number of Topliss-reactive ketones (excluding diaryl/α,β-unsaturated/α-hetero) is 1. The molecule has 0 heterocycles. The van der Waals surface area contributed by atoms with Gasteiger partial charge in [0.15, 0.2) is 5.78 Å². The summed E-state index contributed by atoms with van der Waals surface area (Å²) in [6, 6.07) is 0.377. The fourth-order valence-corrected chi connectivity index (χ4v) is 1.08. The van der Waals surface area contributed by atoms with Gasteiger partial charge in [-0.15, -0.1) is 6.58 Å². The second-order valence-corrected chi connectivity index (χ2v) is 4.01. The Hall–Kier alpha value is -0.630. The summed E-state index contributed by atoms with van der Waals surface area (Å²) in [6.45, 7) is 15.1. The molecule has 0 fully saturated rings. The summed E-state index contributed by atoms with van der Waals surface area (Å²) in [4.78, 5) is 11.3. The Labute approximate surface area is 88.8 Å². The molecule has 0 aliphatic rings. The van der Waals surface area contributed by atoms with Crippen LogP contribution in [0, 0.1) is 5.92 Å². The van der Waals surface area contributed by atoms with Crippen LogP contribution in [0.2, 0.25) is 0 Å². The first-order chi connectivity index (χ1) is 6.36. The molecule has 0 aliphatic carbocycles. The molecule has 0 radical (unpaired) electrons. The standard InChI is InChI=1S/C9H19NO.C3H6/c1-6(2)9(11)8(5)10-7(3)4;1-3-2/h6-8,10H,1-5H3;3H,1H2,2H3. The first kappa shape index (κ1) is 15.8. The fourth-order valence-electron chi connectivity index (χ4n) is 1.08. The van der Waals surface area contributed by atoms with E-state index in [2.05, 4.69) is 11.9 Å². The van der Waals surface area contributed by atoms with Gasteiger partial charge in [0, 0.05) is 12.0 Å². The molecule has 0 aliphatic heterocycles. The molecule has 0 aromatic rings. The van der Waals surface area contributed by atoms with E-state index in [1.165, 1.54) is 0 Å². The van der Waals surface area contributed by atoms with Gasteiger partial charge in [-0.2, -0.15) is 0 Å². The first-order valence-corrected chi connectivity index (χ1v) is 5.23. The third-order valence-electron chi connectivity index (χ3n) is 1.58. The lowest BCUT2D eigenvalue weighted by Crippen LogP contribution is -2.40. The highest BCUT2D eigenvalue weighted by atomic mass is 16.1. The van der Waals surface area contributed by atoms with Gasteiger partial charge in [0.1, 0.15) is 0 Å². The fraction of sp³-hybridized carbons (Fsp3) is 0.750. The zero-order valence-corrected chi connectivity index (χ0v) is 10.4. The van der Waals surface area contributed by atoms with Crippen molar-refractivity contribution in [3.63, 3.8) is 0 Å². The lowest BCUT2D eigenvalue weighted by Gasteiger charge is -2.17. The predicted octanol–water partition coefficient (Wildman–Crippen LogP) is 2.79. The van der Waals surface area contributed by atoms with Crippen molar-refractivity contribution in [2.75, 3.05) is 0 Å². The van der Waals surface area contributed by atoms with E-state index < -0.39 is 0 Å². The van der Waals surface area contributed by atoms with Gasteiger partial charge in [0.05, 0.1) is 6.04 Å². The normalized spacial score (nSPS) is 12.0. The van der Waals surface area contributed by atoms with Crippen LogP contribution in [0.25, 0.3) is 0 Å². The zero-order chi connectivity index (χ0) is 11.7. The van der Waals surface area contributed by atoms with Crippen LogP contribution >= 0.6 is 0 Å². The highest BCUT2D eigenvalue weighted by molar-refractivity contribution is 5.85. The summed E-state index contributed by atoms with van der Waals surface area (Å²) in [7, 11) is 0. The van der Waals surface area contributed by atoms with Crippen molar-refractivity contribution in [1.82, 2.24) is 5.32 Å². The van der Waals surface area contributed by atoms with Crippen LogP contribution in [0.3, 0.4) is 0 Å². The topological polar surface area (TPSA) is 29.1 Å². The molecule has 1 atom stereocenters. The molecule has 1 N–H and O–H groups in total. The van der Waals surface area contributed by atoms with Crippen molar-refractivity contribution in [3.8, 4) is 0 Å². The second-order valence-electron chi connectivity index (χ2n) is 4.01. The molecule has 84 valence electrons. The van der Waals surface area contributed by atoms with E-state index in [1.807, 2.05) is 41.5 Å². The van der Waals surface area contributed by atoms with Crippen LogP contribution in [0.15, 0.2) is 12.7 Å². The Kier molecular flexibility index (Phi) is 10.1. The summed E-state index contributed by atoms with van der Waals surface area (Å²) >= 11 is 0. The Morgan fingerprint density at radius 3 is 1.79 bits per heavy atom. The van der Waals surface area contributed by atoms with Gasteiger partial charge in [-0.3, -0.25) is 4.79 Å². The van der Waals surface area contributed by atoms with Crippen LogP contribution in [0.1, 0.15) is 41.5 Å². The van der Waals surface area contributed by atoms with Crippen LogP contribution in [0.4, 0.5) is 0 Å². The molecule has 1 unspecified atom stereocenters. The number of ketones is 1. The molecule has 2 heteroatoms. The van der Waals surface area contributed by atoms with E-state index in [1.54, 1.807) is 6.08 Å². The monoisotopic (exact) mass is 199 g/mol. The maximum Gasteiger partial charge on any atom is 0.151 e. The molecule has 0 spiro atoms. The van der Waals surface area contributed by atoms with Crippen molar-refractivity contribution in [1.29, 1.82) is 0 Å². The SMILES string of the molecule is C=CC.CC(C)NC(C)C(=O)C(C)C. The quantitative estimate of drug-likeness (QED) is 0.705. The van der Waals surface area contributed by atoms with Gasteiger partial charge in [0.2, 0.25) is 0 Å². The molecule has 0 amide bonds. The smallest absolute Gasteiger partial charge is 0.151 e. The third-order valence-corrected chi connectivity index (χ3v) is 1.58. The minimum atomic E-state index is -0.00463. The van der Waals surface area contributed by atoms with E-state index in [-0.39, 0.29) is 12.0 Å². The van der Waals surface area contributed by atoms with E-state index in [0.717, 1.165) is 0 Å². The molecule has 0 rings (SSSR count). The third kappa shape index (κ3) is 9.46. The Bertz CT molecular complexity index is 162. The molecule has 0 saturated carbocycles. The number of carbonyl (C=O) groups is 1. The summed E-state index contributed by atoms with van der Waals surface area (Å²) in [6.07, 6.45) is 1.75. The summed E-state index contributed by atoms with van der Waals surface area (Å²) in [5, 5.41) is 3.17. The molecular weight excluding hydrogens is 174 g/mol. The minimum absolute atomic E-state index is 0.00463. The Morgan fingerprint density at radius 1 is 1.21 bits per heavy atom. The molecule has 0 aromatic heterocycles.